The molecule has 0 aliphatic heterocycles. The Morgan fingerprint density at radius 2 is 1.91 bits per heavy atom. The standard InChI is InChI=1S/C16H28O6/c1-4-7-22-16(2,3)6-5-11(17)15-10(8-14(20)21)12(18)9-13(15)19/h5,10,12-13,15,17-19H,4,6-9H2,1-3H3,(H,20,21)/t10-,12-,13-,15-/m0/s1. The number of aliphatic hydroxyl groups is 3. The van der Waals surface area contributed by atoms with Crippen LogP contribution < -0.4 is 0 Å². The first kappa shape index (κ1) is 18.9. The van der Waals surface area contributed by atoms with Gasteiger partial charge < -0.3 is 25.2 Å². The van der Waals surface area contributed by atoms with Crippen LogP contribution in [0.15, 0.2) is 11.8 Å². The number of rotatable bonds is 8. The summed E-state index contributed by atoms with van der Waals surface area (Å²) >= 11 is 0. The van der Waals surface area contributed by atoms with E-state index in [0.29, 0.717) is 13.0 Å². The fraction of sp³-hybridized carbons (Fsp3) is 0.812. The largest absolute Gasteiger partial charge is 0.512 e. The quantitative estimate of drug-likeness (QED) is 0.509. The smallest absolute Gasteiger partial charge is 0.303 e. The van der Waals surface area contributed by atoms with Crippen molar-refractivity contribution in [1.29, 1.82) is 0 Å². The van der Waals surface area contributed by atoms with E-state index in [1.165, 1.54) is 0 Å². The molecule has 4 N–H and O–H groups in total. The van der Waals surface area contributed by atoms with Crippen LogP contribution >= 0.6 is 0 Å². The number of carboxylic acid groups (broad SMARTS) is 1. The molecule has 0 unspecified atom stereocenters. The Balaban J connectivity index is 2.77. The minimum atomic E-state index is -1.05. The van der Waals surface area contributed by atoms with E-state index in [4.69, 9.17) is 9.84 Å². The molecule has 0 aromatic heterocycles. The topological polar surface area (TPSA) is 107 Å². The summed E-state index contributed by atoms with van der Waals surface area (Å²) in [7, 11) is 0. The van der Waals surface area contributed by atoms with E-state index in [0.717, 1.165) is 6.42 Å². The third kappa shape index (κ3) is 5.26. The van der Waals surface area contributed by atoms with Crippen molar-refractivity contribution < 1.29 is 30.0 Å². The molecule has 0 radical (unpaired) electrons. The van der Waals surface area contributed by atoms with Gasteiger partial charge in [-0.15, -0.1) is 0 Å². The molecule has 0 bridgehead atoms. The lowest BCUT2D eigenvalue weighted by Gasteiger charge is -2.25. The molecule has 128 valence electrons. The lowest BCUT2D eigenvalue weighted by Crippen LogP contribution is -2.28. The molecule has 0 aromatic carbocycles. The first-order chi connectivity index (χ1) is 10.2. The highest BCUT2D eigenvalue weighted by atomic mass is 16.5. The zero-order chi connectivity index (χ0) is 16.9. The molecular formula is C16H28O6. The molecule has 0 amide bonds. The molecule has 0 heterocycles. The Kier molecular flexibility index (Phi) is 6.84. The van der Waals surface area contributed by atoms with Gasteiger partial charge in [-0.2, -0.15) is 0 Å². The van der Waals surface area contributed by atoms with Crippen molar-refractivity contribution in [2.75, 3.05) is 6.61 Å². The molecule has 22 heavy (non-hydrogen) atoms. The van der Waals surface area contributed by atoms with Gasteiger partial charge in [-0.1, -0.05) is 6.92 Å². The Labute approximate surface area is 131 Å². The molecule has 1 saturated carbocycles. The number of carboxylic acids is 1. The fourth-order valence-corrected chi connectivity index (χ4v) is 2.90. The van der Waals surface area contributed by atoms with Gasteiger partial charge in [0, 0.05) is 24.9 Å². The molecule has 4 atom stereocenters. The Hall–Kier alpha value is -1.11. The van der Waals surface area contributed by atoms with E-state index in [-0.39, 0.29) is 18.6 Å². The molecule has 6 heteroatoms. The van der Waals surface area contributed by atoms with Crippen LogP contribution in [-0.4, -0.2) is 50.8 Å². The number of hydrogen-bond acceptors (Lipinski definition) is 5. The van der Waals surface area contributed by atoms with Crippen molar-refractivity contribution in [3.63, 3.8) is 0 Å². The normalized spacial score (nSPS) is 29.8. The van der Waals surface area contributed by atoms with Crippen LogP contribution in [0.1, 0.15) is 46.5 Å². The molecule has 1 fully saturated rings. The maximum absolute atomic E-state index is 10.9. The monoisotopic (exact) mass is 316 g/mol. The molecule has 1 aliphatic carbocycles. The number of aliphatic carboxylic acids is 1. The van der Waals surface area contributed by atoms with Gasteiger partial charge in [0.05, 0.1) is 30.0 Å². The average Bonchev–Trinajstić information content (AvgIpc) is 2.68. The van der Waals surface area contributed by atoms with E-state index >= 15 is 0 Å². The molecule has 0 aromatic rings. The van der Waals surface area contributed by atoms with Crippen LogP contribution in [0.5, 0.6) is 0 Å². The number of hydrogen-bond donors (Lipinski definition) is 4. The number of ether oxygens (including phenoxy) is 1. The average molecular weight is 316 g/mol. The van der Waals surface area contributed by atoms with E-state index in [1.807, 2.05) is 20.8 Å². The highest BCUT2D eigenvalue weighted by molar-refractivity contribution is 5.67. The third-order valence-corrected chi connectivity index (χ3v) is 4.10. The summed E-state index contributed by atoms with van der Waals surface area (Å²) in [5.74, 6) is -2.54. The Morgan fingerprint density at radius 1 is 1.27 bits per heavy atom. The van der Waals surface area contributed by atoms with Crippen LogP contribution in [0.25, 0.3) is 0 Å². The third-order valence-electron chi connectivity index (χ3n) is 4.10. The highest BCUT2D eigenvalue weighted by Crippen LogP contribution is 2.39. The summed E-state index contributed by atoms with van der Waals surface area (Å²) in [4.78, 5) is 10.9. The zero-order valence-electron chi connectivity index (χ0n) is 13.5. The van der Waals surface area contributed by atoms with E-state index < -0.39 is 35.6 Å². The van der Waals surface area contributed by atoms with Crippen molar-refractivity contribution in [3.8, 4) is 0 Å². The predicted octanol–water partition coefficient (Wildman–Crippen LogP) is 1.86. The van der Waals surface area contributed by atoms with Crippen LogP contribution in [0.3, 0.4) is 0 Å². The molecule has 0 saturated heterocycles. The maximum Gasteiger partial charge on any atom is 0.303 e. The van der Waals surface area contributed by atoms with Crippen molar-refractivity contribution in [3.05, 3.63) is 11.8 Å². The first-order valence-corrected chi connectivity index (χ1v) is 7.79. The fourth-order valence-electron chi connectivity index (χ4n) is 2.90. The van der Waals surface area contributed by atoms with E-state index in [2.05, 4.69) is 0 Å². The lowest BCUT2D eigenvalue weighted by molar-refractivity contribution is -0.139. The van der Waals surface area contributed by atoms with Crippen molar-refractivity contribution >= 4 is 5.97 Å². The van der Waals surface area contributed by atoms with Crippen LogP contribution in [0.2, 0.25) is 0 Å². The second-order valence-corrected chi connectivity index (χ2v) is 6.60. The summed E-state index contributed by atoms with van der Waals surface area (Å²) in [5.41, 5.74) is -0.450. The summed E-state index contributed by atoms with van der Waals surface area (Å²) in [5, 5.41) is 39.1. The summed E-state index contributed by atoms with van der Waals surface area (Å²) in [6.45, 7) is 6.44. The molecule has 1 aliphatic rings. The van der Waals surface area contributed by atoms with Crippen molar-refractivity contribution in [2.45, 2.75) is 64.3 Å². The van der Waals surface area contributed by atoms with Gasteiger partial charge in [-0.3, -0.25) is 4.79 Å². The van der Waals surface area contributed by atoms with E-state index in [1.54, 1.807) is 6.08 Å². The SMILES string of the molecule is CCCOC(C)(C)CC=C(O)[C@@H]1[C@@H](CC(=O)O)[C@@H](O)C[C@@H]1O. The Morgan fingerprint density at radius 3 is 2.45 bits per heavy atom. The zero-order valence-corrected chi connectivity index (χ0v) is 13.5. The van der Waals surface area contributed by atoms with Gasteiger partial charge in [0.2, 0.25) is 0 Å². The van der Waals surface area contributed by atoms with Crippen molar-refractivity contribution in [1.82, 2.24) is 0 Å². The van der Waals surface area contributed by atoms with Crippen molar-refractivity contribution in [2.24, 2.45) is 11.8 Å². The van der Waals surface area contributed by atoms with E-state index in [9.17, 15) is 20.1 Å². The second-order valence-electron chi connectivity index (χ2n) is 6.60. The predicted molar refractivity (Wildman–Crippen MR) is 81.5 cm³/mol. The highest BCUT2D eigenvalue weighted by Gasteiger charge is 2.44. The van der Waals surface area contributed by atoms with Gasteiger partial charge >= 0.3 is 5.97 Å². The molecular weight excluding hydrogens is 288 g/mol. The Bertz CT molecular complexity index is 403. The minimum Gasteiger partial charge on any atom is -0.512 e. The van der Waals surface area contributed by atoms with Crippen LogP contribution in [0, 0.1) is 11.8 Å². The van der Waals surface area contributed by atoms with Crippen LogP contribution in [-0.2, 0) is 9.53 Å². The van der Waals surface area contributed by atoms with Crippen LogP contribution in [0.4, 0.5) is 0 Å². The second kappa shape index (κ2) is 7.94. The first-order valence-electron chi connectivity index (χ1n) is 7.79. The maximum atomic E-state index is 10.9. The summed E-state index contributed by atoms with van der Waals surface area (Å²) in [6, 6.07) is 0. The number of carbonyl (C=O) groups is 1. The lowest BCUT2D eigenvalue weighted by atomic mass is 9.88. The summed E-state index contributed by atoms with van der Waals surface area (Å²) < 4.78 is 5.67. The van der Waals surface area contributed by atoms with Gasteiger partial charge in [0.25, 0.3) is 0 Å². The minimum absolute atomic E-state index is 0.0662. The van der Waals surface area contributed by atoms with Gasteiger partial charge in [0.1, 0.15) is 0 Å². The van der Waals surface area contributed by atoms with Gasteiger partial charge in [-0.05, 0) is 32.8 Å². The van der Waals surface area contributed by atoms with Gasteiger partial charge in [0.15, 0.2) is 0 Å². The summed E-state index contributed by atoms with van der Waals surface area (Å²) in [6.07, 6.45) is 0.848. The molecule has 1 rings (SSSR count). The van der Waals surface area contributed by atoms with Gasteiger partial charge in [-0.25, -0.2) is 0 Å². The molecule has 0 spiro atoms. The molecule has 6 nitrogen and oxygen atoms in total. The number of aliphatic hydroxyl groups excluding tert-OH is 3.